The zero-order valence-corrected chi connectivity index (χ0v) is 9.48. The van der Waals surface area contributed by atoms with Gasteiger partial charge in [0, 0.05) is 33.5 Å². The first kappa shape index (κ1) is 9.56. The normalized spacial score (nSPS) is 35.0. The number of hydrogen-bond acceptors (Lipinski definition) is 4. The highest BCUT2D eigenvalue weighted by molar-refractivity contribution is 8.07. The lowest BCUT2D eigenvalue weighted by molar-refractivity contribution is 0.146. The molecular weight excluding hydrogens is 208 g/mol. The molecule has 2 aliphatic rings. The highest BCUT2D eigenvalue weighted by Gasteiger charge is 2.23. The van der Waals surface area contributed by atoms with Crippen LogP contribution >= 0.6 is 35.3 Å². The van der Waals surface area contributed by atoms with E-state index in [4.69, 9.17) is 4.74 Å². The third-order valence-corrected chi connectivity index (χ3v) is 5.65. The molecule has 0 saturated carbocycles. The number of thioether (sulfide) groups is 3. The van der Waals surface area contributed by atoms with Gasteiger partial charge in [0.1, 0.15) is 0 Å². The van der Waals surface area contributed by atoms with E-state index in [1.54, 1.807) is 0 Å². The van der Waals surface area contributed by atoms with Gasteiger partial charge >= 0.3 is 0 Å². The van der Waals surface area contributed by atoms with Gasteiger partial charge in [0.05, 0.1) is 13.2 Å². The number of hydrogen-bond donors (Lipinski definition) is 0. The van der Waals surface area contributed by atoms with Crippen LogP contribution in [0, 0.1) is 0 Å². The molecule has 4 heteroatoms. The molecule has 0 radical (unpaired) electrons. The minimum absolute atomic E-state index is 0.771. The molecule has 2 saturated heterocycles. The average molecular weight is 222 g/mol. The minimum atomic E-state index is 0.771. The molecule has 0 aromatic heterocycles. The molecule has 2 rings (SSSR count). The molecule has 0 amide bonds. The summed E-state index contributed by atoms with van der Waals surface area (Å²) in [5.41, 5.74) is 0. The van der Waals surface area contributed by atoms with Crippen LogP contribution in [0.2, 0.25) is 0 Å². The summed E-state index contributed by atoms with van der Waals surface area (Å²) in [6, 6.07) is 0. The summed E-state index contributed by atoms with van der Waals surface area (Å²) < 4.78 is 5.64. The molecule has 1 nitrogen and oxygen atoms in total. The van der Waals surface area contributed by atoms with Gasteiger partial charge in [0.25, 0.3) is 0 Å². The van der Waals surface area contributed by atoms with Crippen molar-refractivity contribution in [1.82, 2.24) is 0 Å². The smallest absolute Gasteiger partial charge is 0.0593 e. The molecule has 2 heterocycles. The molecule has 2 unspecified atom stereocenters. The van der Waals surface area contributed by atoms with E-state index in [9.17, 15) is 0 Å². The summed E-state index contributed by atoms with van der Waals surface area (Å²) in [6.45, 7) is 1.97. The highest BCUT2D eigenvalue weighted by atomic mass is 32.2. The topological polar surface area (TPSA) is 9.23 Å². The van der Waals surface area contributed by atoms with Crippen LogP contribution in [0.25, 0.3) is 0 Å². The Morgan fingerprint density at radius 3 is 2.33 bits per heavy atom. The van der Waals surface area contributed by atoms with Crippen molar-refractivity contribution >= 4 is 35.3 Å². The summed E-state index contributed by atoms with van der Waals surface area (Å²) >= 11 is 6.17. The maximum Gasteiger partial charge on any atom is 0.0593 e. The van der Waals surface area contributed by atoms with E-state index in [1.807, 2.05) is 11.8 Å². The zero-order valence-electron chi connectivity index (χ0n) is 7.03. The van der Waals surface area contributed by atoms with Crippen LogP contribution in [-0.4, -0.2) is 46.7 Å². The fourth-order valence-corrected chi connectivity index (χ4v) is 4.13. The molecule has 70 valence electrons. The molecule has 0 aromatic rings. The van der Waals surface area contributed by atoms with Crippen molar-refractivity contribution in [2.75, 3.05) is 36.2 Å². The second-order valence-electron chi connectivity index (χ2n) is 3.06. The molecule has 0 N–H and O–H groups in total. The molecular formula is C8H14OS3. The molecule has 0 spiro atoms. The summed E-state index contributed by atoms with van der Waals surface area (Å²) in [7, 11) is 0. The van der Waals surface area contributed by atoms with Crippen LogP contribution < -0.4 is 0 Å². The minimum Gasteiger partial charge on any atom is -0.379 e. The summed E-state index contributed by atoms with van der Waals surface area (Å²) in [4.78, 5) is 0. The third-order valence-electron chi connectivity index (χ3n) is 1.89. The first-order valence-electron chi connectivity index (χ1n) is 4.34. The summed E-state index contributed by atoms with van der Waals surface area (Å²) in [5.74, 6) is 5.27. The van der Waals surface area contributed by atoms with Crippen molar-refractivity contribution in [3.05, 3.63) is 0 Å². The molecule has 2 atom stereocenters. The van der Waals surface area contributed by atoms with Gasteiger partial charge in [0.15, 0.2) is 0 Å². The van der Waals surface area contributed by atoms with E-state index in [0.29, 0.717) is 0 Å². The van der Waals surface area contributed by atoms with E-state index in [1.165, 1.54) is 23.0 Å². The van der Waals surface area contributed by atoms with Crippen molar-refractivity contribution in [2.24, 2.45) is 0 Å². The second-order valence-corrected chi connectivity index (χ2v) is 6.95. The fourth-order valence-electron chi connectivity index (χ4n) is 1.13. The van der Waals surface area contributed by atoms with Gasteiger partial charge in [-0.15, -0.1) is 0 Å². The van der Waals surface area contributed by atoms with Gasteiger partial charge < -0.3 is 4.74 Å². The molecule has 0 aromatic carbocycles. The predicted molar refractivity (Wildman–Crippen MR) is 60.6 cm³/mol. The van der Waals surface area contributed by atoms with Gasteiger partial charge in [-0.05, 0) is 0 Å². The lowest BCUT2D eigenvalue weighted by atomic mass is 10.5. The Bertz CT molecular complexity index is 132. The third kappa shape index (κ3) is 3.40. The first-order valence-corrected chi connectivity index (χ1v) is 7.59. The van der Waals surface area contributed by atoms with Gasteiger partial charge in [-0.1, -0.05) is 0 Å². The van der Waals surface area contributed by atoms with E-state index < -0.39 is 0 Å². The Kier molecular flexibility index (Phi) is 4.01. The largest absolute Gasteiger partial charge is 0.379 e. The van der Waals surface area contributed by atoms with Crippen LogP contribution in [0.3, 0.4) is 0 Å². The van der Waals surface area contributed by atoms with Crippen molar-refractivity contribution < 1.29 is 4.74 Å². The maximum atomic E-state index is 5.64. The molecule has 2 aliphatic heterocycles. The Morgan fingerprint density at radius 2 is 1.75 bits per heavy atom. The van der Waals surface area contributed by atoms with Crippen molar-refractivity contribution in [2.45, 2.75) is 10.5 Å². The monoisotopic (exact) mass is 222 g/mol. The van der Waals surface area contributed by atoms with Crippen LogP contribution in [0.1, 0.15) is 0 Å². The standard InChI is InChI=1S/C8H14OS3/c1-2-11-7(5-10-1)3-9-4-8-6-12-8/h7-8H,1-6H2. The summed E-state index contributed by atoms with van der Waals surface area (Å²) in [5, 5.41) is 1.61. The van der Waals surface area contributed by atoms with Crippen molar-refractivity contribution in [1.29, 1.82) is 0 Å². The van der Waals surface area contributed by atoms with E-state index in [2.05, 4.69) is 23.5 Å². The maximum absolute atomic E-state index is 5.64. The average Bonchev–Trinajstić information content (AvgIpc) is 2.90. The lowest BCUT2D eigenvalue weighted by Crippen LogP contribution is -2.21. The second kappa shape index (κ2) is 5.03. The van der Waals surface area contributed by atoms with Crippen molar-refractivity contribution in [3.8, 4) is 0 Å². The van der Waals surface area contributed by atoms with Crippen LogP contribution in [-0.2, 0) is 4.74 Å². The zero-order chi connectivity index (χ0) is 8.23. The molecule has 12 heavy (non-hydrogen) atoms. The van der Waals surface area contributed by atoms with Gasteiger partial charge in [-0.3, -0.25) is 0 Å². The SMILES string of the molecule is C1CSC(COCC2CS2)CS1. The molecule has 0 bridgehead atoms. The van der Waals surface area contributed by atoms with Crippen LogP contribution in [0.15, 0.2) is 0 Å². The summed E-state index contributed by atoms with van der Waals surface area (Å²) in [6.07, 6.45) is 0. The lowest BCUT2D eigenvalue weighted by Gasteiger charge is -2.20. The molecule has 0 aliphatic carbocycles. The van der Waals surface area contributed by atoms with E-state index in [-0.39, 0.29) is 0 Å². The Labute approximate surface area is 86.8 Å². The molecule has 2 fully saturated rings. The van der Waals surface area contributed by atoms with E-state index in [0.717, 1.165) is 23.7 Å². The Morgan fingerprint density at radius 1 is 1.00 bits per heavy atom. The van der Waals surface area contributed by atoms with Crippen LogP contribution in [0.4, 0.5) is 0 Å². The van der Waals surface area contributed by atoms with Gasteiger partial charge in [-0.2, -0.15) is 35.3 Å². The van der Waals surface area contributed by atoms with Crippen LogP contribution in [0.5, 0.6) is 0 Å². The quantitative estimate of drug-likeness (QED) is 0.672. The van der Waals surface area contributed by atoms with Crippen molar-refractivity contribution in [3.63, 3.8) is 0 Å². The van der Waals surface area contributed by atoms with E-state index >= 15 is 0 Å². The fraction of sp³-hybridized carbons (Fsp3) is 1.00. The number of ether oxygens (including phenoxy) is 1. The Balaban J connectivity index is 1.52. The number of rotatable bonds is 4. The predicted octanol–water partition coefficient (Wildman–Crippen LogP) is 1.97. The highest BCUT2D eigenvalue weighted by Crippen LogP contribution is 2.30. The first-order chi connectivity index (χ1) is 5.95. The Hall–Kier alpha value is 1.01. The van der Waals surface area contributed by atoms with Gasteiger partial charge in [0.2, 0.25) is 0 Å². The van der Waals surface area contributed by atoms with Gasteiger partial charge in [-0.25, -0.2) is 0 Å².